The van der Waals surface area contributed by atoms with Gasteiger partial charge in [0.1, 0.15) is 11.2 Å². The van der Waals surface area contributed by atoms with Crippen molar-refractivity contribution in [2.24, 2.45) is 0 Å². The first-order valence-corrected chi connectivity index (χ1v) is 21.8. The molecule has 0 fully saturated rings. The Morgan fingerprint density at radius 3 is 1.48 bits per heavy atom. The summed E-state index contributed by atoms with van der Waals surface area (Å²) in [5.41, 5.74) is 19.8. The Morgan fingerprint density at radius 1 is 0.349 bits per heavy atom. The van der Waals surface area contributed by atoms with Gasteiger partial charge in [-0.25, -0.2) is 0 Å². The van der Waals surface area contributed by atoms with Gasteiger partial charge in [0.25, 0.3) is 0 Å². The van der Waals surface area contributed by atoms with Crippen LogP contribution in [0.4, 0.5) is 17.1 Å². The van der Waals surface area contributed by atoms with Crippen molar-refractivity contribution >= 4 is 49.8 Å². The molecule has 298 valence electrons. The number of fused-ring (bicyclic) bond motifs is 8. The van der Waals surface area contributed by atoms with Crippen LogP contribution in [0.5, 0.6) is 0 Å². The molecule has 0 atom stereocenters. The van der Waals surface area contributed by atoms with Crippen molar-refractivity contribution < 1.29 is 4.42 Å². The molecule has 12 rings (SSSR count). The summed E-state index contributed by atoms with van der Waals surface area (Å²) in [6, 6.07) is 81.5. The molecule has 0 saturated heterocycles. The molecule has 2 heteroatoms. The molecule has 1 aliphatic carbocycles. The zero-order valence-corrected chi connectivity index (χ0v) is 35.2. The van der Waals surface area contributed by atoms with E-state index in [2.05, 4.69) is 243 Å². The Kier molecular flexibility index (Phi) is 8.55. The SMILES string of the molecule is CC1(C)c2ccccc2-c2ccc(N(c3ccc(-c4ccccc4)cc3)c3ccc(-c4c(-c5ccc(-c6ccccc6)cc5)c5c6ccccc6oc5c5ccccc45)cc3)cc21. The third kappa shape index (κ3) is 6.02. The highest BCUT2D eigenvalue weighted by Gasteiger charge is 2.36. The maximum atomic E-state index is 6.76. The summed E-state index contributed by atoms with van der Waals surface area (Å²) < 4.78 is 6.76. The number of anilines is 3. The van der Waals surface area contributed by atoms with Gasteiger partial charge in [-0.3, -0.25) is 0 Å². The Balaban J connectivity index is 1.04. The van der Waals surface area contributed by atoms with Crippen molar-refractivity contribution in [3.8, 4) is 55.6 Å². The van der Waals surface area contributed by atoms with Gasteiger partial charge >= 0.3 is 0 Å². The van der Waals surface area contributed by atoms with Gasteiger partial charge in [0.05, 0.1) is 0 Å². The predicted octanol–water partition coefficient (Wildman–Crippen LogP) is 17.2. The molecule has 0 unspecified atom stereocenters. The van der Waals surface area contributed by atoms with Gasteiger partial charge in [-0.15, -0.1) is 0 Å². The Hall–Kier alpha value is -7.94. The van der Waals surface area contributed by atoms with E-state index in [1.54, 1.807) is 0 Å². The van der Waals surface area contributed by atoms with Crippen LogP contribution < -0.4 is 4.90 Å². The second-order valence-electron chi connectivity index (χ2n) is 17.2. The summed E-state index contributed by atoms with van der Waals surface area (Å²) in [4.78, 5) is 2.41. The molecule has 0 radical (unpaired) electrons. The minimum absolute atomic E-state index is 0.124. The number of rotatable bonds is 7. The van der Waals surface area contributed by atoms with Crippen LogP contribution in [-0.2, 0) is 5.41 Å². The molecule has 11 aromatic rings. The quantitative estimate of drug-likeness (QED) is 0.160. The third-order valence-corrected chi connectivity index (χ3v) is 13.3. The highest BCUT2D eigenvalue weighted by atomic mass is 16.3. The fraction of sp³-hybridized carbons (Fsp3) is 0.0492. The van der Waals surface area contributed by atoms with Crippen LogP contribution >= 0.6 is 0 Å². The van der Waals surface area contributed by atoms with Crippen molar-refractivity contribution in [3.63, 3.8) is 0 Å². The van der Waals surface area contributed by atoms with Crippen LogP contribution in [0.3, 0.4) is 0 Å². The summed E-state index contributed by atoms with van der Waals surface area (Å²) in [5, 5.41) is 4.52. The maximum Gasteiger partial charge on any atom is 0.143 e. The number of nitrogens with zero attached hydrogens (tertiary/aromatic N) is 1. The van der Waals surface area contributed by atoms with Crippen molar-refractivity contribution in [2.45, 2.75) is 19.3 Å². The number of furan rings is 1. The molecule has 0 aliphatic heterocycles. The van der Waals surface area contributed by atoms with Crippen molar-refractivity contribution in [1.29, 1.82) is 0 Å². The van der Waals surface area contributed by atoms with Gasteiger partial charge < -0.3 is 9.32 Å². The van der Waals surface area contributed by atoms with Crippen LogP contribution in [0.25, 0.3) is 88.3 Å². The maximum absolute atomic E-state index is 6.76. The molecule has 0 amide bonds. The van der Waals surface area contributed by atoms with Gasteiger partial charge in [-0.2, -0.15) is 0 Å². The predicted molar refractivity (Wildman–Crippen MR) is 265 cm³/mol. The number of hydrogen-bond donors (Lipinski definition) is 0. The lowest BCUT2D eigenvalue weighted by Crippen LogP contribution is -2.16. The van der Waals surface area contributed by atoms with E-state index in [0.717, 1.165) is 60.9 Å². The highest BCUT2D eigenvalue weighted by Crippen LogP contribution is 2.52. The first kappa shape index (κ1) is 36.9. The standard InChI is InChI=1S/C61H43NO/c1-61(2)54-23-13-11-19-49(54)50-38-37-48(39-55(50)61)62(46-33-29-43(30-34-46)41-17-7-4-8-18-41)47-35-31-44(32-36-47)57-51-20-9-10-21-52(51)60-59(53-22-12-14-24-56(53)63-60)58(57)45-27-25-42(26-28-45)40-15-5-3-6-16-40/h3-39H,1-2H3. The number of hydrogen-bond acceptors (Lipinski definition) is 2. The summed E-state index contributed by atoms with van der Waals surface area (Å²) in [6.07, 6.45) is 0. The molecule has 1 aromatic heterocycles. The summed E-state index contributed by atoms with van der Waals surface area (Å²) in [6.45, 7) is 4.71. The first-order valence-electron chi connectivity index (χ1n) is 21.8. The molecule has 10 aromatic carbocycles. The third-order valence-electron chi connectivity index (χ3n) is 13.3. The second-order valence-corrected chi connectivity index (χ2v) is 17.2. The van der Waals surface area contributed by atoms with Crippen molar-refractivity contribution in [1.82, 2.24) is 0 Å². The Morgan fingerprint density at radius 2 is 0.810 bits per heavy atom. The largest absolute Gasteiger partial charge is 0.455 e. The fourth-order valence-corrected chi connectivity index (χ4v) is 10.2. The molecule has 0 spiro atoms. The number of benzene rings is 10. The van der Waals surface area contributed by atoms with Crippen molar-refractivity contribution in [3.05, 3.63) is 236 Å². The normalized spacial score (nSPS) is 12.7. The second kappa shape index (κ2) is 14.6. The van der Waals surface area contributed by atoms with Gasteiger partial charge in [0.2, 0.25) is 0 Å². The lowest BCUT2D eigenvalue weighted by atomic mass is 9.82. The topological polar surface area (TPSA) is 16.4 Å². The zero-order chi connectivity index (χ0) is 42.1. The molecule has 1 heterocycles. The van der Waals surface area contributed by atoms with E-state index in [1.165, 1.54) is 55.6 Å². The van der Waals surface area contributed by atoms with E-state index < -0.39 is 0 Å². The first-order chi connectivity index (χ1) is 31.0. The van der Waals surface area contributed by atoms with Gasteiger partial charge in [0.15, 0.2) is 0 Å². The molecule has 0 bridgehead atoms. The van der Waals surface area contributed by atoms with Crippen LogP contribution in [0, 0.1) is 0 Å². The highest BCUT2D eigenvalue weighted by molar-refractivity contribution is 6.26. The van der Waals surface area contributed by atoms with Crippen LogP contribution in [-0.4, -0.2) is 0 Å². The molecule has 0 saturated carbocycles. The minimum atomic E-state index is -0.124. The molecule has 63 heavy (non-hydrogen) atoms. The molecule has 1 aliphatic rings. The Bertz CT molecular complexity index is 3490. The molecular weight excluding hydrogens is 763 g/mol. The number of para-hydroxylation sites is 1. The smallest absolute Gasteiger partial charge is 0.143 e. The lowest BCUT2D eigenvalue weighted by Gasteiger charge is -2.28. The monoisotopic (exact) mass is 805 g/mol. The minimum Gasteiger partial charge on any atom is -0.455 e. The molecule has 2 nitrogen and oxygen atoms in total. The summed E-state index contributed by atoms with van der Waals surface area (Å²) in [7, 11) is 0. The average Bonchev–Trinajstić information content (AvgIpc) is 3.85. The van der Waals surface area contributed by atoms with E-state index in [9.17, 15) is 0 Å². The average molecular weight is 806 g/mol. The van der Waals surface area contributed by atoms with Crippen LogP contribution in [0.15, 0.2) is 229 Å². The fourth-order valence-electron chi connectivity index (χ4n) is 10.2. The van der Waals surface area contributed by atoms with E-state index in [0.29, 0.717) is 0 Å². The summed E-state index contributed by atoms with van der Waals surface area (Å²) in [5.74, 6) is 0. The zero-order valence-electron chi connectivity index (χ0n) is 35.2. The van der Waals surface area contributed by atoms with Crippen LogP contribution in [0.1, 0.15) is 25.0 Å². The Labute approximate surface area is 368 Å². The van der Waals surface area contributed by atoms with E-state index in [-0.39, 0.29) is 5.41 Å². The van der Waals surface area contributed by atoms with E-state index in [1.807, 2.05) is 0 Å². The van der Waals surface area contributed by atoms with E-state index in [4.69, 9.17) is 4.42 Å². The molecule has 0 N–H and O–H groups in total. The van der Waals surface area contributed by atoms with Crippen molar-refractivity contribution in [2.75, 3.05) is 4.90 Å². The summed E-state index contributed by atoms with van der Waals surface area (Å²) >= 11 is 0. The lowest BCUT2D eigenvalue weighted by molar-refractivity contribution is 0.660. The van der Waals surface area contributed by atoms with Gasteiger partial charge in [0, 0.05) is 44.2 Å². The van der Waals surface area contributed by atoms with Gasteiger partial charge in [-0.1, -0.05) is 196 Å². The van der Waals surface area contributed by atoms with Gasteiger partial charge in [-0.05, 0) is 109 Å². The van der Waals surface area contributed by atoms with E-state index >= 15 is 0 Å². The van der Waals surface area contributed by atoms with Crippen LogP contribution in [0.2, 0.25) is 0 Å². The molecular formula is C61H43NO.